The summed E-state index contributed by atoms with van der Waals surface area (Å²) in [5.41, 5.74) is 15.6. The smallest absolute Gasteiger partial charge is 0.124 e. The first-order valence-electron chi connectivity index (χ1n) is 10.7. The number of hydrogen-bond acceptors (Lipinski definition) is 4. The molecule has 3 aromatic rings. The Morgan fingerprint density at radius 2 is 1.00 bits per heavy atom. The Bertz CT molecular complexity index is 1080. The van der Waals surface area contributed by atoms with Crippen molar-refractivity contribution in [1.29, 1.82) is 0 Å². The molecule has 0 bridgehead atoms. The summed E-state index contributed by atoms with van der Waals surface area (Å²) >= 11 is 0. The maximum atomic E-state index is 6.25. The molecule has 6 nitrogen and oxygen atoms in total. The lowest BCUT2D eigenvalue weighted by molar-refractivity contribution is 0.316. The molecule has 166 valence electrons. The van der Waals surface area contributed by atoms with E-state index in [1.54, 1.807) is 12.4 Å². The van der Waals surface area contributed by atoms with Crippen LogP contribution in [0.3, 0.4) is 0 Å². The van der Waals surface area contributed by atoms with Crippen molar-refractivity contribution < 1.29 is 0 Å². The van der Waals surface area contributed by atoms with Crippen LogP contribution in [0.1, 0.15) is 87.8 Å². The summed E-state index contributed by atoms with van der Waals surface area (Å²) in [6.45, 7) is 12.5. The van der Waals surface area contributed by atoms with Gasteiger partial charge in [0.1, 0.15) is 23.0 Å². The number of hydrogen-bond donors (Lipinski definition) is 4. The number of aromatic amines is 2. The van der Waals surface area contributed by atoms with Gasteiger partial charge in [0.15, 0.2) is 0 Å². The molecule has 0 spiro atoms. The van der Waals surface area contributed by atoms with Gasteiger partial charge in [-0.25, -0.2) is 9.97 Å². The minimum absolute atomic E-state index is 0.0736. The Labute approximate surface area is 190 Å². The highest BCUT2D eigenvalue weighted by molar-refractivity contribution is 5.46. The van der Waals surface area contributed by atoms with E-state index in [0.29, 0.717) is 0 Å². The first-order chi connectivity index (χ1) is 14.9. The minimum Gasteiger partial charge on any atom is -0.334 e. The molecule has 0 fully saturated rings. The normalized spacial score (nSPS) is 13.5. The van der Waals surface area contributed by atoms with Gasteiger partial charge in [-0.3, -0.25) is 0 Å². The average molecular weight is 429 g/mol. The molecule has 6 heteroatoms. The van der Waals surface area contributed by atoms with Crippen LogP contribution in [-0.4, -0.2) is 19.9 Å². The molecule has 0 amide bonds. The van der Waals surface area contributed by atoms with Gasteiger partial charge in [0.2, 0.25) is 0 Å². The Kier molecular flexibility index (Phi) is 6.60. The Balaban J connectivity index is 1.67. The summed E-state index contributed by atoms with van der Waals surface area (Å²) < 4.78 is 0. The second-order valence-corrected chi connectivity index (χ2v) is 10.1. The number of H-pyrrole nitrogens is 2. The van der Waals surface area contributed by atoms with Gasteiger partial charge in [-0.1, -0.05) is 53.4 Å². The van der Waals surface area contributed by atoms with Gasteiger partial charge in [0.25, 0.3) is 0 Å². The van der Waals surface area contributed by atoms with Crippen LogP contribution >= 0.6 is 0 Å². The van der Waals surface area contributed by atoms with Crippen molar-refractivity contribution in [3.05, 3.63) is 70.8 Å². The molecule has 0 aliphatic rings. The number of aromatic nitrogens is 4. The predicted molar refractivity (Wildman–Crippen MR) is 128 cm³/mol. The molecule has 0 saturated heterocycles. The first kappa shape index (κ1) is 23.3. The molecule has 0 aliphatic heterocycles. The van der Waals surface area contributed by atoms with E-state index in [-0.39, 0.29) is 22.9 Å². The van der Waals surface area contributed by atoms with Gasteiger partial charge in [-0.05, 0) is 46.9 Å². The monoisotopic (exact) mass is 428 g/mol. The highest BCUT2D eigenvalue weighted by Crippen LogP contribution is 2.29. The second kappa shape index (κ2) is 9.04. The van der Waals surface area contributed by atoms with Gasteiger partial charge >= 0.3 is 0 Å². The number of nitrogens with two attached hydrogens (primary N) is 2. The molecule has 0 aliphatic carbocycles. The Morgan fingerprint density at radius 3 is 1.31 bits per heavy atom. The van der Waals surface area contributed by atoms with Crippen LogP contribution in [0.5, 0.6) is 0 Å². The van der Waals surface area contributed by atoms with Crippen molar-refractivity contribution >= 4 is 0 Å². The fourth-order valence-corrected chi connectivity index (χ4v) is 2.85. The molecule has 0 radical (unpaired) electrons. The van der Waals surface area contributed by atoms with E-state index in [4.69, 9.17) is 11.5 Å². The van der Waals surface area contributed by atoms with Gasteiger partial charge < -0.3 is 21.4 Å². The van der Waals surface area contributed by atoms with Crippen LogP contribution in [0.15, 0.2) is 36.7 Å². The molecule has 1 unspecified atom stereocenters. The van der Waals surface area contributed by atoms with Gasteiger partial charge in [0, 0.05) is 11.1 Å². The second-order valence-electron chi connectivity index (χ2n) is 10.1. The first-order valence-corrected chi connectivity index (χ1v) is 10.7. The van der Waals surface area contributed by atoms with Gasteiger partial charge in [-0.2, -0.15) is 0 Å². The minimum atomic E-state index is -0.175. The van der Waals surface area contributed by atoms with Gasteiger partial charge in [0.05, 0.1) is 24.5 Å². The standard InChI is InChI=1S/C26H32N6/c1-25(2,3)21(27)23-29-15-19(31-23)13-11-17-7-9-18(10-8-17)12-14-20-16-30-24(32-20)22(28)26(4,5)6/h7-10,15-16,21-22H,27-28H2,1-6H3,(H,29,31)(H,30,32)/t21-,22?/m1/s1. The third kappa shape index (κ3) is 5.88. The summed E-state index contributed by atoms with van der Waals surface area (Å²) in [6.07, 6.45) is 3.44. The van der Waals surface area contributed by atoms with E-state index in [1.165, 1.54) is 0 Å². The zero-order chi connectivity index (χ0) is 23.5. The fourth-order valence-electron chi connectivity index (χ4n) is 2.85. The van der Waals surface area contributed by atoms with E-state index in [0.717, 1.165) is 34.2 Å². The number of imidazole rings is 2. The SMILES string of the molecule is CC(C)(C)C(N)c1ncc(C#Cc2ccc(C#Cc3cnc([C@@H](N)C(C)(C)C)[nH]3)cc2)[nH]1. The third-order valence-corrected chi connectivity index (χ3v) is 5.21. The molecule has 2 atom stereocenters. The van der Waals surface area contributed by atoms with E-state index < -0.39 is 0 Å². The molecular formula is C26H32N6. The maximum absolute atomic E-state index is 6.25. The van der Waals surface area contributed by atoms with E-state index in [2.05, 4.69) is 85.2 Å². The molecule has 1 aromatic carbocycles. The van der Waals surface area contributed by atoms with Crippen molar-refractivity contribution in [3.8, 4) is 23.7 Å². The number of nitrogens with zero attached hydrogens (tertiary/aromatic N) is 2. The largest absolute Gasteiger partial charge is 0.334 e. The third-order valence-electron chi connectivity index (χ3n) is 5.21. The molecular weight excluding hydrogens is 396 g/mol. The summed E-state index contributed by atoms with van der Waals surface area (Å²) in [6, 6.07) is 7.44. The van der Waals surface area contributed by atoms with Crippen LogP contribution in [0.4, 0.5) is 0 Å². The quantitative estimate of drug-likeness (QED) is 0.462. The Morgan fingerprint density at radius 1 is 0.656 bits per heavy atom. The molecule has 32 heavy (non-hydrogen) atoms. The van der Waals surface area contributed by atoms with E-state index in [1.807, 2.05) is 24.3 Å². The van der Waals surface area contributed by atoms with Crippen LogP contribution in [0, 0.1) is 34.5 Å². The van der Waals surface area contributed by atoms with Gasteiger partial charge in [-0.15, -0.1) is 0 Å². The van der Waals surface area contributed by atoms with Crippen LogP contribution < -0.4 is 11.5 Å². The zero-order valence-corrected chi connectivity index (χ0v) is 19.7. The van der Waals surface area contributed by atoms with Crippen LogP contribution in [0.2, 0.25) is 0 Å². The fraction of sp³-hybridized carbons (Fsp3) is 0.385. The van der Waals surface area contributed by atoms with Crippen molar-refractivity contribution in [2.45, 2.75) is 53.6 Å². The van der Waals surface area contributed by atoms with Crippen molar-refractivity contribution in [1.82, 2.24) is 19.9 Å². The summed E-state index contributed by atoms with van der Waals surface area (Å²) in [5.74, 6) is 14.0. The maximum Gasteiger partial charge on any atom is 0.124 e. The molecule has 3 rings (SSSR count). The number of rotatable bonds is 2. The molecule has 6 N–H and O–H groups in total. The van der Waals surface area contributed by atoms with Crippen molar-refractivity contribution in [2.24, 2.45) is 22.3 Å². The molecule has 2 heterocycles. The lowest BCUT2D eigenvalue weighted by atomic mass is 9.87. The zero-order valence-electron chi connectivity index (χ0n) is 19.7. The Hall–Kier alpha value is -3.32. The predicted octanol–water partition coefficient (Wildman–Crippen LogP) is 4.02. The topological polar surface area (TPSA) is 109 Å². The molecule has 0 saturated carbocycles. The highest BCUT2D eigenvalue weighted by Gasteiger charge is 2.25. The summed E-state index contributed by atoms with van der Waals surface area (Å²) in [5, 5.41) is 0. The molecule has 2 aromatic heterocycles. The van der Waals surface area contributed by atoms with Crippen LogP contribution in [-0.2, 0) is 0 Å². The van der Waals surface area contributed by atoms with E-state index >= 15 is 0 Å². The summed E-state index contributed by atoms with van der Waals surface area (Å²) in [7, 11) is 0. The van der Waals surface area contributed by atoms with Crippen molar-refractivity contribution in [3.63, 3.8) is 0 Å². The van der Waals surface area contributed by atoms with Crippen LogP contribution in [0.25, 0.3) is 0 Å². The average Bonchev–Trinajstić information content (AvgIpc) is 3.38. The van der Waals surface area contributed by atoms with Crippen molar-refractivity contribution in [2.75, 3.05) is 0 Å². The highest BCUT2D eigenvalue weighted by atomic mass is 15.0. The summed E-state index contributed by atoms with van der Waals surface area (Å²) in [4.78, 5) is 15.2. The van der Waals surface area contributed by atoms with E-state index in [9.17, 15) is 0 Å². The number of nitrogens with one attached hydrogen (secondary N) is 2. The lowest BCUT2D eigenvalue weighted by Gasteiger charge is -2.24. The lowest BCUT2D eigenvalue weighted by Crippen LogP contribution is -2.27. The number of benzene rings is 1.